The van der Waals surface area contributed by atoms with Crippen LogP contribution in [0.25, 0.3) is 21.5 Å². The van der Waals surface area contributed by atoms with Crippen LogP contribution in [-0.4, -0.2) is 29.1 Å². The Kier molecular flexibility index (Phi) is 5.57. The first-order valence-electron chi connectivity index (χ1n) is 9.22. The third-order valence-electron chi connectivity index (χ3n) is 4.62. The van der Waals surface area contributed by atoms with E-state index < -0.39 is 0 Å². The summed E-state index contributed by atoms with van der Waals surface area (Å²) in [5.41, 5.74) is 2.52. The summed E-state index contributed by atoms with van der Waals surface area (Å²) in [5, 5.41) is 6.64. The molecule has 4 rings (SSSR count). The summed E-state index contributed by atoms with van der Waals surface area (Å²) in [7, 11) is 1.63. The molecule has 0 radical (unpaired) electrons. The second-order valence-electron chi connectivity index (χ2n) is 6.61. The Hall–Kier alpha value is -3.19. The second kappa shape index (κ2) is 8.45. The highest BCUT2D eigenvalue weighted by molar-refractivity contribution is 7.13. The van der Waals surface area contributed by atoms with Crippen LogP contribution >= 0.6 is 11.3 Å². The fourth-order valence-corrected chi connectivity index (χ4v) is 3.99. The molecule has 0 aliphatic rings. The number of aromatic nitrogens is 2. The van der Waals surface area contributed by atoms with Crippen molar-refractivity contribution in [2.24, 2.45) is 0 Å². The second-order valence-corrected chi connectivity index (χ2v) is 7.47. The third-order valence-corrected chi connectivity index (χ3v) is 5.56. The van der Waals surface area contributed by atoms with Crippen LogP contribution < -0.4 is 10.1 Å². The van der Waals surface area contributed by atoms with Crippen LogP contribution in [0.3, 0.4) is 0 Å². The summed E-state index contributed by atoms with van der Waals surface area (Å²) in [6.07, 6.45) is 2.12. The minimum atomic E-state index is -0.267. The average molecular weight is 409 g/mol. The maximum atomic E-state index is 13.5. The summed E-state index contributed by atoms with van der Waals surface area (Å²) in [6, 6.07) is 14.3. The Morgan fingerprint density at radius 2 is 2.14 bits per heavy atom. The Bertz CT molecular complexity index is 1150. The molecule has 5 nitrogen and oxygen atoms in total. The van der Waals surface area contributed by atoms with Gasteiger partial charge in [-0.2, -0.15) is 0 Å². The number of benzene rings is 2. The van der Waals surface area contributed by atoms with Crippen LogP contribution in [-0.2, 0) is 17.8 Å². The number of halogens is 1. The number of carbonyl (C=O) groups is 1. The topological polar surface area (TPSA) is 56.1 Å². The molecule has 1 N–H and O–H groups in total. The van der Waals surface area contributed by atoms with Crippen LogP contribution in [0, 0.1) is 5.82 Å². The summed E-state index contributed by atoms with van der Waals surface area (Å²) >= 11 is 1.50. The molecule has 0 aliphatic heterocycles. The maximum Gasteiger partial charge on any atom is 0.226 e. The van der Waals surface area contributed by atoms with Crippen LogP contribution in [0.15, 0.2) is 60.1 Å². The minimum Gasteiger partial charge on any atom is -0.497 e. The van der Waals surface area contributed by atoms with Gasteiger partial charge in [0.2, 0.25) is 5.91 Å². The first-order valence-corrected chi connectivity index (χ1v) is 10.1. The van der Waals surface area contributed by atoms with Crippen molar-refractivity contribution < 1.29 is 13.9 Å². The van der Waals surface area contributed by atoms with Gasteiger partial charge >= 0.3 is 0 Å². The monoisotopic (exact) mass is 409 g/mol. The minimum absolute atomic E-state index is 0.0878. The number of ether oxygens (including phenoxy) is 1. The normalized spacial score (nSPS) is 11.0. The maximum absolute atomic E-state index is 13.5. The Morgan fingerprint density at radius 1 is 1.24 bits per heavy atom. The highest BCUT2D eigenvalue weighted by Crippen LogP contribution is 2.27. The van der Waals surface area contributed by atoms with Gasteiger partial charge in [0.1, 0.15) is 16.6 Å². The quantitative estimate of drug-likeness (QED) is 0.496. The van der Waals surface area contributed by atoms with Gasteiger partial charge in [-0.1, -0.05) is 12.1 Å². The zero-order valence-electron chi connectivity index (χ0n) is 15.9. The van der Waals surface area contributed by atoms with E-state index >= 15 is 0 Å². The lowest BCUT2D eigenvalue weighted by Crippen LogP contribution is -2.28. The van der Waals surface area contributed by atoms with E-state index in [1.165, 1.54) is 23.5 Å². The van der Waals surface area contributed by atoms with E-state index in [4.69, 9.17) is 4.74 Å². The molecule has 2 aromatic heterocycles. The smallest absolute Gasteiger partial charge is 0.226 e. The van der Waals surface area contributed by atoms with Gasteiger partial charge in [0.25, 0.3) is 0 Å². The van der Waals surface area contributed by atoms with Crippen molar-refractivity contribution >= 4 is 28.1 Å². The number of nitrogens with zero attached hydrogens (tertiary/aromatic N) is 2. The number of nitrogens with one attached hydrogen (secondary N) is 1. The van der Waals surface area contributed by atoms with Crippen LogP contribution in [0.5, 0.6) is 5.75 Å². The number of hydrogen-bond acceptors (Lipinski definition) is 4. The van der Waals surface area contributed by atoms with E-state index in [0.29, 0.717) is 13.1 Å². The van der Waals surface area contributed by atoms with Gasteiger partial charge in [0.05, 0.1) is 24.7 Å². The third kappa shape index (κ3) is 4.46. The van der Waals surface area contributed by atoms with Crippen LogP contribution in [0.4, 0.5) is 4.39 Å². The van der Waals surface area contributed by atoms with Crippen LogP contribution in [0.2, 0.25) is 0 Å². The lowest BCUT2D eigenvalue weighted by atomic mass is 10.2. The molecule has 29 heavy (non-hydrogen) atoms. The molecule has 0 saturated heterocycles. The first-order chi connectivity index (χ1) is 14.1. The van der Waals surface area contributed by atoms with Crippen LogP contribution in [0.1, 0.15) is 5.69 Å². The predicted octanol–water partition coefficient (Wildman–Crippen LogP) is 4.27. The highest BCUT2D eigenvalue weighted by Gasteiger charge is 2.10. The molecule has 0 bridgehead atoms. The van der Waals surface area contributed by atoms with Crippen molar-refractivity contribution in [2.45, 2.75) is 13.0 Å². The molecule has 0 unspecified atom stereocenters. The molecule has 0 saturated carbocycles. The van der Waals surface area contributed by atoms with Crippen molar-refractivity contribution in [3.63, 3.8) is 0 Å². The molecule has 1 amide bonds. The number of thiazole rings is 1. The van der Waals surface area contributed by atoms with E-state index in [0.717, 1.165) is 32.9 Å². The standard InChI is InChI=1S/C22H20FN3O2S/c1-28-19-4-2-3-16(11-19)22-25-18(14-29-22)13-21(27)24-8-10-26-9-7-15-5-6-17(23)12-20(15)26/h2-7,9,11-12,14H,8,10,13H2,1H3,(H,24,27). The van der Waals surface area contributed by atoms with Gasteiger partial charge in [-0.3, -0.25) is 4.79 Å². The zero-order valence-corrected chi connectivity index (χ0v) is 16.7. The van der Waals surface area contributed by atoms with Gasteiger partial charge < -0.3 is 14.6 Å². The lowest BCUT2D eigenvalue weighted by Gasteiger charge is -2.07. The summed E-state index contributed by atoms with van der Waals surface area (Å²) in [4.78, 5) is 16.8. The number of carbonyl (C=O) groups excluding carboxylic acids is 1. The molecule has 4 aromatic rings. The van der Waals surface area contributed by atoms with Crippen molar-refractivity contribution in [3.05, 3.63) is 71.6 Å². The zero-order chi connectivity index (χ0) is 20.2. The molecule has 2 aromatic carbocycles. The summed E-state index contributed by atoms with van der Waals surface area (Å²) in [5.74, 6) is 0.418. The van der Waals surface area contributed by atoms with Gasteiger partial charge in [0, 0.05) is 30.2 Å². The van der Waals surface area contributed by atoms with Gasteiger partial charge in [0.15, 0.2) is 0 Å². The molecule has 148 valence electrons. The van der Waals surface area contributed by atoms with E-state index in [9.17, 15) is 9.18 Å². The van der Waals surface area contributed by atoms with Gasteiger partial charge in [-0.05, 0) is 41.8 Å². The van der Waals surface area contributed by atoms with Crippen molar-refractivity contribution in [1.82, 2.24) is 14.9 Å². The van der Waals surface area contributed by atoms with Crippen molar-refractivity contribution in [3.8, 4) is 16.3 Å². The average Bonchev–Trinajstić information content (AvgIpc) is 3.35. The van der Waals surface area contributed by atoms with Gasteiger partial charge in [-0.25, -0.2) is 9.37 Å². The molecular formula is C22H20FN3O2S. The predicted molar refractivity (Wildman–Crippen MR) is 113 cm³/mol. The highest BCUT2D eigenvalue weighted by atomic mass is 32.1. The van der Waals surface area contributed by atoms with E-state index in [2.05, 4.69) is 10.3 Å². The Labute approximate surface area is 171 Å². The van der Waals surface area contributed by atoms with Crippen molar-refractivity contribution in [1.29, 1.82) is 0 Å². The Balaban J connectivity index is 1.33. The van der Waals surface area contributed by atoms with E-state index in [1.807, 2.05) is 46.5 Å². The number of rotatable bonds is 7. The van der Waals surface area contributed by atoms with E-state index in [1.54, 1.807) is 13.2 Å². The number of fused-ring (bicyclic) bond motifs is 1. The number of methoxy groups -OCH3 is 1. The summed E-state index contributed by atoms with van der Waals surface area (Å²) in [6.45, 7) is 1.04. The molecule has 0 spiro atoms. The number of amides is 1. The van der Waals surface area contributed by atoms with Crippen molar-refractivity contribution in [2.75, 3.05) is 13.7 Å². The SMILES string of the molecule is COc1cccc(-c2nc(CC(=O)NCCn3ccc4ccc(F)cc43)cs2)c1. The molecular weight excluding hydrogens is 389 g/mol. The molecule has 7 heteroatoms. The van der Waals surface area contributed by atoms with Gasteiger partial charge in [-0.15, -0.1) is 11.3 Å². The first kappa shape index (κ1) is 19.1. The largest absolute Gasteiger partial charge is 0.497 e. The summed E-state index contributed by atoms with van der Waals surface area (Å²) < 4.78 is 20.6. The number of hydrogen-bond donors (Lipinski definition) is 1. The van der Waals surface area contributed by atoms with E-state index in [-0.39, 0.29) is 18.1 Å². The molecule has 0 aliphatic carbocycles. The lowest BCUT2D eigenvalue weighted by molar-refractivity contribution is -0.120. The molecule has 0 fully saturated rings. The Morgan fingerprint density at radius 3 is 3.00 bits per heavy atom. The molecule has 0 atom stereocenters. The fraction of sp³-hybridized carbons (Fsp3) is 0.182. The fourth-order valence-electron chi connectivity index (χ4n) is 3.17. The molecule has 2 heterocycles.